The smallest absolute Gasteiger partial charge is 0.0217 e. The number of hydrogen-bond acceptors (Lipinski definition) is 2. The summed E-state index contributed by atoms with van der Waals surface area (Å²) >= 11 is 0. The first-order valence-corrected chi connectivity index (χ1v) is 8.14. The van der Waals surface area contributed by atoms with Gasteiger partial charge < -0.3 is 10.2 Å². The van der Waals surface area contributed by atoms with E-state index in [0.717, 1.165) is 19.1 Å². The van der Waals surface area contributed by atoms with E-state index in [4.69, 9.17) is 0 Å². The fourth-order valence-corrected chi connectivity index (χ4v) is 3.25. The number of hydrogen-bond donors (Lipinski definition) is 1. The molecular weight excluding hydrogens is 244 g/mol. The van der Waals surface area contributed by atoms with Crippen LogP contribution in [0, 0.1) is 5.92 Å². The maximum atomic E-state index is 3.72. The lowest BCUT2D eigenvalue weighted by molar-refractivity contribution is 0.180. The van der Waals surface area contributed by atoms with Gasteiger partial charge >= 0.3 is 0 Å². The third-order valence-corrected chi connectivity index (χ3v) is 4.70. The summed E-state index contributed by atoms with van der Waals surface area (Å²) in [6.45, 7) is 8.13. The Morgan fingerprint density at radius 1 is 1.20 bits per heavy atom. The first-order valence-electron chi connectivity index (χ1n) is 8.14. The van der Waals surface area contributed by atoms with Crippen molar-refractivity contribution in [1.82, 2.24) is 10.2 Å². The van der Waals surface area contributed by atoms with Gasteiger partial charge in [0.15, 0.2) is 0 Å². The van der Waals surface area contributed by atoms with Gasteiger partial charge in [0.2, 0.25) is 0 Å². The van der Waals surface area contributed by atoms with Gasteiger partial charge in [0, 0.05) is 19.1 Å². The lowest BCUT2D eigenvalue weighted by Gasteiger charge is -2.33. The number of likely N-dealkylation sites (N-methyl/N-ethyl adjacent to an activating group) is 1. The quantitative estimate of drug-likeness (QED) is 0.854. The van der Waals surface area contributed by atoms with E-state index in [0.29, 0.717) is 11.8 Å². The molecule has 1 N–H and O–H groups in total. The second kappa shape index (κ2) is 7.80. The molecule has 1 heterocycles. The average molecular weight is 274 g/mol. The van der Waals surface area contributed by atoms with Crippen molar-refractivity contribution < 1.29 is 0 Å². The van der Waals surface area contributed by atoms with Gasteiger partial charge in [-0.1, -0.05) is 50.6 Å². The van der Waals surface area contributed by atoms with Gasteiger partial charge in [0.25, 0.3) is 0 Å². The number of piperidine rings is 1. The Hall–Kier alpha value is -0.860. The summed E-state index contributed by atoms with van der Waals surface area (Å²) in [5.74, 6) is 1.29. The average Bonchev–Trinajstić information content (AvgIpc) is 2.46. The normalized spacial score (nSPS) is 22.1. The van der Waals surface area contributed by atoms with Crippen LogP contribution in [0.3, 0.4) is 0 Å². The van der Waals surface area contributed by atoms with Crippen molar-refractivity contribution in [2.24, 2.45) is 5.92 Å². The predicted molar refractivity (Wildman–Crippen MR) is 87.2 cm³/mol. The molecule has 1 fully saturated rings. The number of likely N-dealkylation sites (tertiary alicyclic amines) is 1. The molecule has 0 aliphatic carbocycles. The summed E-state index contributed by atoms with van der Waals surface area (Å²) in [6, 6.07) is 11.7. The molecule has 0 saturated carbocycles. The first kappa shape index (κ1) is 15.5. The van der Waals surface area contributed by atoms with E-state index in [9.17, 15) is 0 Å². The summed E-state index contributed by atoms with van der Waals surface area (Å²) in [5.41, 5.74) is 1.46. The first-order chi connectivity index (χ1) is 9.68. The summed E-state index contributed by atoms with van der Waals surface area (Å²) in [7, 11) is 2.27. The highest BCUT2D eigenvalue weighted by Crippen LogP contribution is 2.23. The summed E-state index contributed by atoms with van der Waals surface area (Å²) in [6.07, 6.45) is 4.11. The van der Waals surface area contributed by atoms with E-state index in [1.54, 1.807) is 0 Å². The third kappa shape index (κ3) is 4.32. The van der Waals surface area contributed by atoms with Gasteiger partial charge in [-0.05, 0) is 43.8 Å². The van der Waals surface area contributed by atoms with Crippen LogP contribution in [0.2, 0.25) is 0 Å². The Bertz CT molecular complexity index is 374. The summed E-state index contributed by atoms with van der Waals surface area (Å²) in [5, 5.41) is 3.72. The maximum absolute atomic E-state index is 3.72. The zero-order valence-electron chi connectivity index (χ0n) is 13.3. The van der Waals surface area contributed by atoms with Gasteiger partial charge in [0.05, 0.1) is 0 Å². The molecule has 20 heavy (non-hydrogen) atoms. The molecule has 2 unspecified atom stereocenters. The van der Waals surface area contributed by atoms with E-state index >= 15 is 0 Å². The summed E-state index contributed by atoms with van der Waals surface area (Å²) in [4.78, 5) is 2.52. The maximum Gasteiger partial charge on any atom is 0.0217 e. The second-order valence-corrected chi connectivity index (χ2v) is 6.55. The number of rotatable bonds is 6. The summed E-state index contributed by atoms with van der Waals surface area (Å²) < 4.78 is 0. The SMILES string of the molecule is CC(C)C(CNCC1CCCCN1C)c1ccccc1. The van der Waals surface area contributed by atoms with E-state index < -0.39 is 0 Å². The van der Waals surface area contributed by atoms with Crippen molar-refractivity contribution in [3.8, 4) is 0 Å². The molecule has 1 saturated heterocycles. The Balaban J connectivity index is 1.84. The van der Waals surface area contributed by atoms with Crippen LogP contribution in [0.15, 0.2) is 30.3 Å². The zero-order chi connectivity index (χ0) is 14.4. The Morgan fingerprint density at radius 3 is 2.60 bits per heavy atom. The largest absolute Gasteiger partial charge is 0.315 e. The third-order valence-electron chi connectivity index (χ3n) is 4.70. The molecule has 0 aromatic heterocycles. The van der Waals surface area contributed by atoms with Crippen molar-refractivity contribution >= 4 is 0 Å². The van der Waals surface area contributed by atoms with E-state index in [1.165, 1.54) is 31.4 Å². The van der Waals surface area contributed by atoms with Crippen LogP contribution in [0.1, 0.15) is 44.6 Å². The van der Waals surface area contributed by atoms with Crippen LogP contribution >= 0.6 is 0 Å². The standard InChI is InChI=1S/C18H30N2/c1-15(2)18(16-9-5-4-6-10-16)14-19-13-17-11-7-8-12-20(17)3/h4-6,9-10,15,17-19H,7-8,11-14H2,1-3H3. The lowest BCUT2D eigenvalue weighted by atomic mass is 9.88. The Morgan fingerprint density at radius 2 is 1.95 bits per heavy atom. The Kier molecular flexibility index (Phi) is 6.06. The topological polar surface area (TPSA) is 15.3 Å². The molecule has 1 aromatic carbocycles. The molecule has 2 nitrogen and oxygen atoms in total. The van der Waals surface area contributed by atoms with Crippen molar-refractivity contribution in [2.45, 2.75) is 45.1 Å². The molecule has 1 aliphatic rings. The van der Waals surface area contributed by atoms with Crippen LogP contribution < -0.4 is 5.32 Å². The minimum atomic E-state index is 0.616. The highest BCUT2D eigenvalue weighted by atomic mass is 15.2. The number of nitrogens with zero attached hydrogens (tertiary/aromatic N) is 1. The lowest BCUT2D eigenvalue weighted by Crippen LogP contribution is -2.44. The number of benzene rings is 1. The van der Waals surface area contributed by atoms with Crippen LogP contribution in [0.25, 0.3) is 0 Å². The highest BCUT2D eigenvalue weighted by molar-refractivity contribution is 5.20. The van der Waals surface area contributed by atoms with Crippen LogP contribution in [-0.4, -0.2) is 37.6 Å². The van der Waals surface area contributed by atoms with Gasteiger partial charge in [-0.25, -0.2) is 0 Å². The van der Waals surface area contributed by atoms with Crippen molar-refractivity contribution in [3.05, 3.63) is 35.9 Å². The fraction of sp³-hybridized carbons (Fsp3) is 0.667. The highest BCUT2D eigenvalue weighted by Gasteiger charge is 2.20. The molecule has 0 bridgehead atoms. The van der Waals surface area contributed by atoms with Crippen molar-refractivity contribution in [2.75, 3.05) is 26.7 Å². The fourth-order valence-electron chi connectivity index (χ4n) is 3.25. The van der Waals surface area contributed by atoms with Crippen molar-refractivity contribution in [3.63, 3.8) is 0 Å². The molecule has 112 valence electrons. The molecule has 1 aliphatic heterocycles. The molecule has 2 heteroatoms. The van der Waals surface area contributed by atoms with Gasteiger partial charge in [-0.15, -0.1) is 0 Å². The van der Waals surface area contributed by atoms with Crippen LogP contribution in [0.4, 0.5) is 0 Å². The van der Waals surface area contributed by atoms with Crippen molar-refractivity contribution in [1.29, 1.82) is 0 Å². The monoisotopic (exact) mass is 274 g/mol. The molecule has 2 atom stereocenters. The molecule has 0 radical (unpaired) electrons. The molecular formula is C18H30N2. The van der Waals surface area contributed by atoms with Gasteiger partial charge in [-0.2, -0.15) is 0 Å². The van der Waals surface area contributed by atoms with E-state index in [2.05, 4.69) is 61.4 Å². The molecule has 2 rings (SSSR count). The number of nitrogens with one attached hydrogen (secondary N) is 1. The predicted octanol–water partition coefficient (Wildman–Crippen LogP) is 3.50. The van der Waals surface area contributed by atoms with Crippen LogP contribution in [-0.2, 0) is 0 Å². The Labute approximate surface area is 124 Å². The zero-order valence-corrected chi connectivity index (χ0v) is 13.3. The molecule has 0 amide bonds. The molecule has 0 spiro atoms. The van der Waals surface area contributed by atoms with Gasteiger partial charge in [0.1, 0.15) is 0 Å². The minimum absolute atomic E-state index is 0.616. The molecule has 1 aromatic rings. The van der Waals surface area contributed by atoms with E-state index in [-0.39, 0.29) is 0 Å². The van der Waals surface area contributed by atoms with Crippen LogP contribution in [0.5, 0.6) is 0 Å². The minimum Gasteiger partial charge on any atom is -0.315 e. The van der Waals surface area contributed by atoms with Gasteiger partial charge in [-0.3, -0.25) is 0 Å². The second-order valence-electron chi connectivity index (χ2n) is 6.55. The van der Waals surface area contributed by atoms with E-state index in [1.807, 2.05) is 0 Å².